The molecule has 4 rings (SSSR count). The fourth-order valence-corrected chi connectivity index (χ4v) is 3.72. The molecule has 0 atom stereocenters. The van der Waals surface area contributed by atoms with Crippen LogP contribution < -0.4 is 10.6 Å². The Morgan fingerprint density at radius 2 is 1.35 bits per heavy atom. The van der Waals surface area contributed by atoms with Gasteiger partial charge in [-0.15, -0.1) is 0 Å². The first kappa shape index (κ1) is 25.5. The van der Waals surface area contributed by atoms with Crippen molar-refractivity contribution >= 4 is 34.9 Å². The summed E-state index contributed by atoms with van der Waals surface area (Å²) in [6, 6.07) is 22.6. The van der Waals surface area contributed by atoms with E-state index in [4.69, 9.17) is 0 Å². The standard InChI is InChI=1S/C29H24F3N5/c1-18-8-12-22(13-9-18)35-27-24(16-33)20(3)26(28(37-27)36-23-14-10-19(2)11-15-23)34-17-21-6-4-5-7-25(21)29(30,31)32/h4-15,17H,1-3H3,(H2,35,36,37)/b34-17+. The largest absolute Gasteiger partial charge is 0.417 e. The van der Waals surface area contributed by atoms with E-state index in [-0.39, 0.29) is 16.8 Å². The molecule has 1 aromatic heterocycles. The van der Waals surface area contributed by atoms with Crippen LogP contribution in [0.15, 0.2) is 77.8 Å². The number of nitriles is 1. The van der Waals surface area contributed by atoms with Gasteiger partial charge in [0.05, 0.1) is 11.1 Å². The summed E-state index contributed by atoms with van der Waals surface area (Å²) in [6.07, 6.45) is -3.38. The zero-order chi connectivity index (χ0) is 26.6. The number of benzene rings is 3. The van der Waals surface area contributed by atoms with Gasteiger partial charge in [0.2, 0.25) is 0 Å². The van der Waals surface area contributed by atoms with E-state index in [1.807, 2.05) is 62.4 Å². The van der Waals surface area contributed by atoms with Gasteiger partial charge >= 0.3 is 6.18 Å². The third-order valence-electron chi connectivity index (χ3n) is 5.75. The highest BCUT2D eigenvalue weighted by atomic mass is 19.4. The van der Waals surface area contributed by atoms with Crippen LogP contribution in [-0.2, 0) is 6.18 Å². The number of nitrogens with zero attached hydrogens (tertiary/aromatic N) is 3. The fourth-order valence-electron chi connectivity index (χ4n) is 3.72. The quantitative estimate of drug-likeness (QED) is 0.263. The number of hydrogen-bond acceptors (Lipinski definition) is 5. The molecule has 8 heteroatoms. The van der Waals surface area contributed by atoms with Crippen LogP contribution in [0, 0.1) is 32.1 Å². The number of anilines is 4. The Labute approximate surface area is 213 Å². The minimum absolute atomic E-state index is 0.0870. The van der Waals surface area contributed by atoms with Gasteiger partial charge in [0.15, 0.2) is 11.6 Å². The Morgan fingerprint density at radius 1 is 0.811 bits per heavy atom. The molecule has 4 aromatic rings. The molecule has 186 valence electrons. The summed E-state index contributed by atoms with van der Waals surface area (Å²) in [5.41, 5.74) is 3.71. The average Bonchev–Trinajstić information content (AvgIpc) is 2.86. The molecule has 0 spiro atoms. The van der Waals surface area contributed by atoms with Crippen molar-refractivity contribution in [1.29, 1.82) is 5.26 Å². The number of aryl methyl sites for hydroxylation is 2. The number of alkyl halides is 3. The lowest BCUT2D eigenvalue weighted by atomic mass is 10.1. The van der Waals surface area contributed by atoms with E-state index in [0.717, 1.165) is 34.8 Å². The lowest BCUT2D eigenvalue weighted by Crippen LogP contribution is -2.08. The molecule has 0 aliphatic rings. The van der Waals surface area contributed by atoms with Gasteiger partial charge in [0.25, 0.3) is 0 Å². The van der Waals surface area contributed by atoms with Gasteiger partial charge in [-0.05, 0) is 56.7 Å². The second-order valence-corrected chi connectivity index (χ2v) is 8.59. The van der Waals surface area contributed by atoms with Crippen LogP contribution >= 0.6 is 0 Å². The van der Waals surface area contributed by atoms with Crippen molar-refractivity contribution in [2.24, 2.45) is 4.99 Å². The molecule has 0 fully saturated rings. The van der Waals surface area contributed by atoms with Gasteiger partial charge < -0.3 is 10.6 Å². The molecule has 0 unspecified atom stereocenters. The first-order chi connectivity index (χ1) is 17.7. The fraction of sp³-hybridized carbons (Fsp3) is 0.138. The molecule has 0 saturated carbocycles. The van der Waals surface area contributed by atoms with Gasteiger partial charge in [-0.2, -0.15) is 18.4 Å². The number of halogens is 3. The van der Waals surface area contributed by atoms with Gasteiger partial charge in [-0.1, -0.05) is 53.6 Å². The smallest absolute Gasteiger partial charge is 0.339 e. The Kier molecular flexibility index (Phi) is 7.25. The third kappa shape index (κ3) is 5.96. The molecule has 3 aromatic carbocycles. The summed E-state index contributed by atoms with van der Waals surface area (Å²) in [6.45, 7) is 5.63. The number of rotatable bonds is 6. The van der Waals surface area contributed by atoms with E-state index in [9.17, 15) is 18.4 Å². The zero-order valence-electron chi connectivity index (χ0n) is 20.5. The molecule has 5 nitrogen and oxygen atoms in total. The van der Waals surface area contributed by atoms with E-state index in [1.54, 1.807) is 6.92 Å². The van der Waals surface area contributed by atoms with E-state index in [1.165, 1.54) is 18.2 Å². The van der Waals surface area contributed by atoms with Crippen molar-refractivity contribution in [1.82, 2.24) is 4.98 Å². The maximum atomic E-state index is 13.5. The van der Waals surface area contributed by atoms with Crippen molar-refractivity contribution in [3.05, 3.63) is 106 Å². The van der Waals surface area contributed by atoms with Crippen molar-refractivity contribution in [2.45, 2.75) is 26.9 Å². The Balaban J connectivity index is 1.84. The number of aliphatic imine (C=N–C) groups is 1. The Hall–Kier alpha value is -4.64. The molecule has 0 bridgehead atoms. The third-order valence-corrected chi connectivity index (χ3v) is 5.75. The maximum absolute atomic E-state index is 13.5. The molecule has 37 heavy (non-hydrogen) atoms. The predicted molar refractivity (Wildman–Crippen MR) is 141 cm³/mol. The minimum Gasteiger partial charge on any atom is -0.339 e. The number of aromatic nitrogens is 1. The molecule has 0 aliphatic heterocycles. The first-order valence-electron chi connectivity index (χ1n) is 11.5. The van der Waals surface area contributed by atoms with E-state index >= 15 is 0 Å². The Bertz CT molecular complexity index is 1480. The molecule has 0 radical (unpaired) electrons. The lowest BCUT2D eigenvalue weighted by Gasteiger charge is -2.17. The highest BCUT2D eigenvalue weighted by Crippen LogP contribution is 2.37. The molecule has 2 N–H and O–H groups in total. The number of nitrogens with one attached hydrogen (secondary N) is 2. The van der Waals surface area contributed by atoms with Gasteiger partial charge in [-0.3, -0.25) is 4.99 Å². The lowest BCUT2D eigenvalue weighted by molar-refractivity contribution is -0.137. The maximum Gasteiger partial charge on any atom is 0.417 e. The first-order valence-corrected chi connectivity index (χ1v) is 11.5. The van der Waals surface area contributed by atoms with Gasteiger partial charge in [0, 0.05) is 23.2 Å². The SMILES string of the molecule is Cc1ccc(Nc2nc(Nc3ccc(C)cc3)c(/N=C/c3ccccc3C(F)(F)F)c(C)c2C#N)cc1. The molecule has 1 heterocycles. The summed E-state index contributed by atoms with van der Waals surface area (Å²) in [5, 5.41) is 16.3. The van der Waals surface area contributed by atoms with Crippen molar-refractivity contribution in [2.75, 3.05) is 10.6 Å². The van der Waals surface area contributed by atoms with E-state index in [0.29, 0.717) is 17.2 Å². The van der Waals surface area contributed by atoms with Crippen LogP contribution in [0.2, 0.25) is 0 Å². The van der Waals surface area contributed by atoms with Crippen LogP contribution in [0.5, 0.6) is 0 Å². The highest BCUT2D eigenvalue weighted by Gasteiger charge is 2.32. The molecule has 0 amide bonds. The van der Waals surface area contributed by atoms with Crippen LogP contribution in [0.1, 0.15) is 33.4 Å². The van der Waals surface area contributed by atoms with Crippen LogP contribution in [0.4, 0.5) is 41.9 Å². The minimum atomic E-state index is -4.53. The zero-order valence-corrected chi connectivity index (χ0v) is 20.5. The topological polar surface area (TPSA) is 73.1 Å². The summed E-state index contributed by atoms with van der Waals surface area (Å²) in [5.74, 6) is 0.615. The normalized spacial score (nSPS) is 11.4. The predicted octanol–water partition coefficient (Wildman–Crippen LogP) is 8.14. The molecule has 0 aliphatic carbocycles. The van der Waals surface area contributed by atoms with Gasteiger partial charge in [0.1, 0.15) is 11.8 Å². The molecular weight excluding hydrogens is 475 g/mol. The summed E-state index contributed by atoms with van der Waals surface area (Å²) in [4.78, 5) is 9.05. The van der Waals surface area contributed by atoms with Gasteiger partial charge in [-0.25, -0.2) is 4.98 Å². The van der Waals surface area contributed by atoms with Crippen molar-refractivity contribution in [3.63, 3.8) is 0 Å². The summed E-state index contributed by atoms with van der Waals surface area (Å²) in [7, 11) is 0. The summed E-state index contributed by atoms with van der Waals surface area (Å²) >= 11 is 0. The average molecular weight is 500 g/mol. The Morgan fingerprint density at radius 3 is 1.89 bits per heavy atom. The monoisotopic (exact) mass is 499 g/mol. The second-order valence-electron chi connectivity index (χ2n) is 8.59. The molecular formula is C29H24F3N5. The van der Waals surface area contributed by atoms with Crippen LogP contribution in [0.3, 0.4) is 0 Å². The molecule has 0 saturated heterocycles. The second kappa shape index (κ2) is 10.5. The van der Waals surface area contributed by atoms with Crippen molar-refractivity contribution < 1.29 is 13.2 Å². The van der Waals surface area contributed by atoms with Crippen molar-refractivity contribution in [3.8, 4) is 6.07 Å². The van der Waals surface area contributed by atoms with E-state index < -0.39 is 11.7 Å². The highest BCUT2D eigenvalue weighted by molar-refractivity contribution is 5.88. The van der Waals surface area contributed by atoms with Crippen LogP contribution in [0.25, 0.3) is 0 Å². The van der Waals surface area contributed by atoms with Crippen LogP contribution in [-0.4, -0.2) is 11.2 Å². The van der Waals surface area contributed by atoms with E-state index in [2.05, 4.69) is 26.7 Å². The number of pyridine rings is 1. The number of hydrogen-bond donors (Lipinski definition) is 2. The summed E-state index contributed by atoms with van der Waals surface area (Å²) < 4.78 is 40.6.